The standard InChI is InChI=1S/C21H23ClN4O2/c1-25-10-8-20(27)24-17-12-14(6-7-19(17)25)21(28)26-11-9-23-18(13-26)15-4-2-3-5-16(15)22/h2-7,12,18,23H,8-11,13H2,1H3,(H,24,27). The summed E-state index contributed by atoms with van der Waals surface area (Å²) in [6.45, 7) is 2.53. The summed E-state index contributed by atoms with van der Waals surface area (Å²) < 4.78 is 0. The minimum atomic E-state index is -0.0393. The Morgan fingerprint density at radius 1 is 1.18 bits per heavy atom. The van der Waals surface area contributed by atoms with E-state index in [0.29, 0.717) is 48.9 Å². The number of carbonyl (C=O) groups excluding carboxylic acids is 2. The van der Waals surface area contributed by atoms with Gasteiger partial charge in [0.1, 0.15) is 0 Å². The molecule has 2 heterocycles. The van der Waals surface area contributed by atoms with E-state index in [4.69, 9.17) is 11.6 Å². The van der Waals surface area contributed by atoms with Gasteiger partial charge < -0.3 is 20.4 Å². The summed E-state index contributed by atoms with van der Waals surface area (Å²) >= 11 is 6.34. The normalized spacial score (nSPS) is 19.6. The van der Waals surface area contributed by atoms with Crippen molar-refractivity contribution in [3.8, 4) is 0 Å². The Morgan fingerprint density at radius 2 is 2.00 bits per heavy atom. The topological polar surface area (TPSA) is 64.7 Å². The second-order valence-corrected chi connectivity index (χ2v) is 7.64. The Morgan fingerprint density at radius 3 is 2.82 bits per heavy atom. The molecule has 2 N–H and O–H groups in total. The van der Waals surface area contributed by atoms with Crippen molar-refractivity contribution in [1.82, 2.24) is 10.2 Å². The number of hydrogen-bond donors (Lipinski definition) is 2. The summed E-state index contributed by atoms with van der Waals surface area (Å²) in [5.74, 6) is -0.0707. The van der Waals surface area contributed by atoms with Crippen LogP contribution in [0.5, 0.6) is 0 Å². The summed E-state index contributed by atoms with van der Waals surface area (Å²) in [5, 5.41) is 7.05. The highest BCUT2D eigenvalue weighted by Gasteiger charge is 2.27. The number of amides is 2. The van der Waals surface area contributed by atoms with Gasteiger partial charge in [-0.3, -0.25) is 9.59 Å². The third kappa shape index (κ3) is 3.70. The number of carbonyl (C=O) groups is 2. The maximum Gasteiger partial charge on any atom is 0.254 e. The molecule has 0 saturated carbocycles. The highest BCUT2D eigenvalue weighted by molar-refractivity contribution is 6.31. The minimum absolute atomic E-state index is 0.00179. The number of piperazine rings is 1. The van der Waals surface area contributed by atoms with Crippen LogP contribution in [0.25, 0.3) is 0 Å². The molecule has 4 rings (SSSR count). The van der Waals surface area contributed by atoms with E-state index in [2.05, 4.69) is 10.6 Å². The van der Waals surface area contributed by atoms with Gasteiger partial charge in [-0.2, -0.15) is 0 Å². The van der Waals surface area contributed by atoms with Gasteiger partial charge in [-0.1, -0.05) is 29.8 Å². The lowest BCUT2D eigenvalue weighted by molar-refractivity contribution is -0.115. The average Bonchev–Trinajstić information content (AvgIpc) is 2.85. The lowest BCUT2D eigenvalue weighted by Gasteiger charge is -2.34. The Labute approximate surface area is 169 Å². The first-order valence-electron chi connectivity index (χ1n) is 9.45. The van der Waals surface area contributed by atoms with Crippen LogP contribution in [-0.2, 0) is 4.79 Å². The molecule has 0 spiro atoms. The van der Waals surface area contributed by atoms with Crippen LogP contribution >= 0.6 is 11.6 Å². The second kappa shape index (κ2) is 7.81. The lowest BCUT2D eigenvalue weighted by atomic mass is 10.0. The number of anilines is 2. The lowest BCUT2D eigenvalue weighted by Crippen LogP contribution is -2.48. The van der Waals surface area contributed by atoms with E-state index in [-0.39, 0.29) is 17.9 Å². The first kappa shape index (κ1) is 18.8. The fourth-order valence-electron chi connectivity index (χ4n) is 3.79. The SMILES string of the molecule is CN1CCC(=O)Nc2cc(C(=O)N3CCNC(c4ccccc4Cl)C3)ccc21. The molecule has 1 fully saturated rings. The van der Waals surface area contributed by atoms with Crippen LogP contribution < -0.4 is 15.5 Å². The zero-order chi connectivity index (χ0) is 19.7. The van der Waals surface area contributed by atoms with Crippen molar-refractivity contribution >= 4 is 34.8 Å². The fraction of sp³-hybridized carbons (Fsp3) is 0.333. The van der Waals surface area contributed by atoms with Gasteiger partial charge in [0.15, 0.2) is 0 Å². The average molecular weight is 399 g/mol. The van der Waals surface area contributed by atoms with E-state index in [0.717, 1.165) is 11.3 Å². The van der Waals surface area contributed by atoms with Crippen LogP contribution in [0.15, 0.2) is 42.5 Å². The molecule has 146 valence electrons. The van der Waals surface area contributed by atoms with E-state index in [1.165, 1.54) is 0 Å². The van der Waals surface area contributed by atoms with Crippen LogP contribution in [0.4, 0.5) is 11.4 Å². The molecule has 7 heteroatoms. The third-order valence-corrected chi connectivity index (χ3v) is 5.69. The zero-order valence-corrected chi connectivity index (χ0v) is 16.5. The maximum absolute atomic E-state index is 13.1. The summed E-state index contributed by atoms with van der Waals surface area (Å²) in [4.78, 5) is 29.0. The smallest absolute Gasteiger partial charge is 0.254 e. The van der Waals surface area contributed by atoms with E-state index in [1.807, 2.05) is 53.2 Å². The van der Waals surface area contributed by atoms with Crippen molar-refractivity contribution in [2.75, 3.05) is 43.4 Å². The van der Waals surface area contributed by atoms with Crippen LogP contribution in [0.2, 0.25) is 5.02 Å². The summed E-state index contributed by atoms with van der Waals surface area (Å²) in [6, 6.07) is 13.2. The van der Waals surface area contributed by atoms with Crippen molar-refractivity contribution in [3.63, 3.8) is 0 Å². The molecule has 2 aliphatic rings. The number of benzene rings is 2. The molecule has 0 bridgehead atoms. The summed E-state index contributed by atoms with van der Waals surface area (Å²) in [5.41, 5.74) is 3.19. The molecule has 0 radical (unpaired) electrons. The second-order valence-electron chi connectivity index (χ2n) is 7.23. The maximum atomic E-state index is 13.1. The number of rotatable bonds is 2. The summed E-state index contributed by atoms with van der Waals surface area (Å²) in [7, 11) is 1.95. The van der Waals surface area contributed by atoms with Crippen molar-refractivity contribution in [3.05, 3.63) is 58.6 Å². The van der Waals surface area contributed by atoms with E-state index in [1.54, 1.807) is 6.07 Å². The van der Waals surface area contributed by atoms with E-state index in [9.17, 15) is 9.59 Å². The van der Waals surface area contributed by atoms with Crippen LogP contribution in [-0.4, -0.2) is 49.9 Å². The van der Waals surface area contributed by atoms with Gasteiger partial charge in [0, 0.05) is 50.2 Å². The predicted molar refractivity (Wildman–Crippen MR) is 111 cm³/mol. The van der Waals surface area contributed by atoms with Gasteiger partial charge in [0.05, 0.1) is 17.4 Å². The molecule has 0 aromatic heterocycles. The molecule has 1 atom stereocenters. The first-order valence-corrected chi connectivity index (χ1v) is 9.83. The Balaban J connectivity index is 1.56. The van der Waals surface area contributed by atoms with Gasteiger partial charge in [-0.05, 0) is 29.8 Å². The molecule has 2 aliphatic heterocycles. The summed E-state index contributed by atoms with van der Waals surface area (Å²) in [6.07, 6.45) is 0.436. The fourth-order valence-corrected chi connectivity index (χ4v) is 4.05. The number of fused-ring (bicyclic) bond motifs is 1. The molecule has 1 unspecified atom stereocenters. The van der Waals surface area contributed by atoms with Gasteiger partial charge in [0.25, 0.3) is 5.91 Å². The van der Waals surface area contributed by atoms with Crippen molar-refractivity contribution in [2.45, 2.75) is 12.5 Å². The Kier molecular flexibility index (Phi) is 5.24. The number of hydrogen-bond acceptors (Lipinski definition) is 4. The van der Waals surface area contributed by atoms with Crippen LogP contribution in [0, 0.1) is 0 Å². The first-order chi connectivity index (χ1) is 13.5. The molecule has 2 aromatic carbocycles. The van der Waals surface area contributed by atoms with Crippen molar-refractivity contribution in [2.24, 2.45) is 0 Å². The molecule has 1 saturated heterocycles. The van der Waals surface area contributed by atoms with Crippen molar-refractivity contribution in [1.29, 1.82) is 0 Å². The van der Waals surface area contributed by atoms with Crippen molar-refractivity contribution < 1.29 is 9.59 Å². The zero-order valence-electron chi connectivity index (χ0n) is 15.7. The Bertz CT molecular complexity index is 917. The quantitative estimate of drug-likeness (QED) is 0.816. The van der Waals surface area contributed by atoms with Gasteiger partial charge in [0.2, 0.25) is 5.91 Å². The number of nitrogens with zero attached hydrogens (tertiary/aromatic N) is 2. The number of halogens is 1. The van der Waals surface area contributed by atoms with Gasteiger partial charge in [-0.25, -0.2) is 0 Å². The minimum Gasteiger partial charge on any atom is -0.372 e. The third-order valence-electron chi connectivity index (χ3n) is 5.35. The molecule has 2 amide bonds. The molecular weight excluding hydrogens is 376 g/mol. The predicted octanol–water partition coefficient (Wildman–Crippen LogP) is 2.91. The molecule has 28 heavy (non-hydrogen) atoms. The molecule has 2 aromatic rings. The highest BCUT2D eigenvalue weighted by atomic mass is 35.5. The van der Waals surface area contributed by atoms with Gasteiger partial charge >= 0.3 is 0 Å². The largest absolute Gasteiger partial charge is 0.372 e. The molecule has 6 nitrogen and oxygen atoms in total. The molecular formula is C21H23ClN4O2. The monoisotopic (exact) mass is 398 g/mol. The van der Waals surface area contributed by atoms with Crippen LogP contribution in [0.1, 0.15) is 28.4 Å². The highest BCUT2D eigenvalue weighted by Crippen LogP contribution is 2.30. The van der Waals surface area contributed by atoms with Crippen LogP contribution in [0.3, 0.4) is 0 Å². The molecule has 0 aliphatic carbocycles. The van der Waals surface area contributed by atoms with E-state index < -0.39 is 0 Å². The van der Waals surface area contributed by atoms with Gasteiger partial charge in [-0.15, -0.1) is 0 Å². The Hall–Kier alpha value is -2.57. The van der Waals surface area contributed by atoms with E-state index >= 15 is 0 Å². The number of nitrogens with one attached hydrogen (secondary N) is 2.